The zero-order valence-electron chi connectivity index (χ0n) is 14.4. The summed E-state index contributed by atoms with van der Waals surface area (Å²) in [4.78, 5) is 0. The van der Waals surface area contributed by atoms with E-state index in [9.17, 15) is 0 Å². The molecule has 1 nitrogen and oxygen atoms in total. The Hall–Kier alpha value is -2.15. The van der Waals surface area contributed by atoms with E-state index in [0.29, 0.717) is 11.8 Å². The Morgan fingerprint density at radius 3 is 2.54 bits per heavy atom. The van der Waals surface area contributed by atoms with E-state index in [1.807, 2.05) is 0 Å². The van der Waals surface area contributed by atoms with Crippen LogP contribution >= 0.6 is 0 Å². The van der Waals surface area contributed by atoms with Gasteiger partial charge in [-0.1, -0.05) is 72.5 Å². The largest absolute Gasteiger partial charge is 0.308 e. The molecule has 2 aromatic rings. The highest BCUT2D eigenvalue weighted by Crippen LogP contribution is 2.45. The molecule has 2 atom stereocenters. The third kappa shape index (κ3) is 2.62. The molecule has 2 aliphatic rings. The Kier molecular flexibility index (Phi) is 4.10. The third-order valence-corrected chi connectivity index (χ3v) is 5.86. The van der Waals surface area contributed by atoms with E-state index < -0.39 is 0 Å². The molecule has 2 aliphatic carbocycles. The fourth-order valence-electron chi connectivity index (χ4n) is 4.69. The third-order valence-electron chi connectivity index (χ3n) is 5.86. The highest BCUT2D eigenvalue weighted by Gasteiger charge is 2.31. The normalized spacial score (nSPS) is 23.9. The van der Waals surface area contributed by atoms with Gasteiger partial charge in [0.1, 0.15) is 0 Å². The molecule has 122 valence electrons. The number of nitrogens with one attached hydrogen (secondary N) is 1. The average molecular weight is 315 g/mol. The number of benzene rings is 2. The summed E-state index contributed by atoms with van der Waals surface area (Å²) in [6, 6.07) is 13.0. The minimum atomic E-state index is 0.561. The van der Waals surface area contributed by atoms with Crippen LogP contribution in [0.3, 0.4) is 0 Å². The van der Waals surface area contributed by atoms with Gasteiger partial charge >= 0.3 is 0 Å². The first-order chi connectivity index (χ1) is 11.8. The Morgan fingerprint density at radius 1 is 1.00 bits per heavy atom. The van der Waals surface area contributed by atoms with Crippen LogP contribution in [0.2, 0.25) is 0 Å². The first-order valence-corrected chi connectivity index (χ1v) is 9.17. The molecular weight excluding hydrogens is 290 g/mol. The summed E-state index contributed by atoms with van der Waals surface area (Å²) in [5.41, 5.74) is 5.55. The quantitative estimate of drug-likeness (QED) is 0.635. The second-order valence-corrected chi connectivity index (χ2v) is 7.30. The number of fused-ring (bicyclic) bond motifs is 1. The smallest absolute Gasteiger partial charge is 0.0259 e. The molecule has 24 heavy (non-hydrogen) atoms. The predicted octanol–water partition coefficient (Wildman–Crippen LogP) is 6.39. The monoisotopic (exact) mass is 315 g/mol. The van der Waals surface area contributed by atoms with Crippen molar-refractivity contribution >= 4 is 17.0 Å². The van der Waals surface area contributed by atoms with Crippen molar-refractivity contribution in [3.63, 3.8) is 0 Å². The van der Waals surface area contributed by atoms with Crippen molar-refractivity contribution in [2.45, 2.75) is 44.9 Å². The molecule has 4 rings (SSSR count). The highest BCUT2D eigenvalue weighted by atomic mass is 14.4. The van der Waals surface area contributed by atoms with Crippen LogP contribution in [0.25, 0.3) is 10.8 Å². The van der Waals surface area contributed by atoms with Gasteiger partial charge in [0.2, 0.25) is 0 Å². The van der Waals surface area contributed by atoms with Crippen molar-refractivity contribution in [2.24, 2.45) is 5.92 Å². The lowest BCUT2D eigenvalue weighted by molar-refractivity contribution is 0.345. The fourth-order valence-corrected chi connectivity index (χ4v) is 4.69. The van der Waals surface area contributed by atoms with Crippen molar-refractivity contribution in [3.05, 3.63) is 70.8 Å². The summed E-state index contributed by atoms with van der Waals surface area (Å²) >= 11 is 0. The number of allylic oxidation sites excluding steroid dienone is 4. The van der Waals surface area contributed by atoms with Gasteiger partial charge in [-0.3, -0.25) is 0 Å². The lowest BCUT2D eigenvalue weighted by Gasteiger charge is -2.34. The van der Waals surface area contributed by atoms with E-state index in [1.54, 1.807) is 11.8 Å². The van der Waals surface area contributed by atoms with Crippen LogP contribution in [0.4, 0.5) is 0 Å². The molecule has 1 heteroatoms. The minimum absolute atomic E-state index is 0.561. The van der Waals surface area contributed by atoms with Crippen molar-refractivity contribution in [1.82, 2.24) is 0 Å². The van der Waals surface area contributed by atoms with Crippen LogP contribution < -0.4 is 0 Å². The zero-order chi connectivity index (χ0) is 16.5. The highest BCUT2D eigenvalue weighted by molar-refractivity contribution is 6.00. The van der Waals surface area contributed by atoms with Crippen LogP contribution in [0.1, 0.15) is 56.1 Å². The molecule has 1 N–H and O–H groups in total. The second kappa shape index (κ2) is 6.39. The van der Waals surface area contributed by atoms with Gasteiger partial charge in [-0.25, -0.2) is 0 Å². The molecule has 0 saturated heterocycles. The Bertz CT molecular complexity index is 840. The summed E-state index contributed by atoms with van der Waals surface area (Å²) in [6.45, 7) is 2.21. The SMILES string of the molecule is CC1=CCC(C2CCCCC2c2ccc3ccccc3c2C=N)=C1. The molecule has 0 bridgehead atoms. The predicted molar refractivity (Wildman–Crippen MR) is 103 cm³/mol. The lowest BCUT2D eigenvalue weighted by atomic mass is 9.70. The lowest BCUT2D eigenvalue weighted by Crippen LogP contribution is -2.20. The molecule has 2 aromatic carbocycles. The van der Waals surface area contributed by atoms with E-state index in [4.69, 9.17) is 5.41 Å². The van der Waals surface area contributed by atoms with E-state index in [0.717, 1.165) is 12.0 Å². The molecule has 0 amide bonds. The van der Waals surface area contributed by atoms with Crippen molar-refractivity contribution in [3.8, 4) is 0 Å². The number of hydrogen-bond acceptors (Lipinski definition) is 1. The molecule has 1 saturated carbocycles. The molecular formula is C23H25N. The molecule has 0 radical (unpaired) electrons. The summed E-state index contributed by atoms with van der Waals surface area (Å²) < 4.78 is 0. The number of rotatable bonds is 3. The Balaban J connectivity index is 1.79. The molecule has 1 fully saturated rings. The topological polar surface area (TPSA) is 23.9 Å². The first kappa shape index (κ1) is 15.4. The van der Waals surface area contributed by atoms with E-state index in [1.165, 1.54) is 47.6 Å². The first-order valence-electron chi connectivity index (χ1n) is 9.17. The molecule has 0 aliphatic heterocycles. The summed E-state index contributed by atoms with van der Waals surface area (Å²) in [6.07, 6.45) is 12.7. The minimum Gasteiger partial charge on any atom is -0.308 e. The van der Waals surface area contributed by atoms with Crippen molar-refractivity contribution in [2.75, 3.05) is 0 Å². The molecule has 2 unspecified atom stereocenters. The summed E-state index contributed by atoms with van der Waals surface area (Å²) in [5, 5.41) is 10.5. The average Bonchev–Trinajstić information content (AvgIpc) is 3.07. The molecule has 0 heterocycles. The van der Waals surface area contributed by atoms with Crippen molar-refractivity contribution < 1.29 is 0 Å². The van der Waals surface area contributed by atoms with Gasteiger partial charge in [0, 0.05) is 11.8 Å². The standard InChI is InChI=1S/C23H25N/c1-16-10-11-18(14-16)20-8-4-5-9-21(20)22-13-12-17-6-2-3-7-19(17)23(22)15-24/h2-3,6-7,10,12-15,20-21,24H,4-5,8-9,11H2,1H3. The Morgan fingerprint density at radius 2 is 1.79 bits per heavy atom. The van der Waals surface area contributed by atoms with Gasteiger partial charge < -0.3 is 5.41 Å². The molecule has 0 aromatic heterocycles. The maximum Gasteiger partial charge on any atom is 0.0259 e. The van der Waals surface area contributed by atoms with E-state index >= 15 is 0 Å². The molecule has 0 spiro atoms. The van der Waals surface area contributed by atoms with Crippen LogP contribution in [0, 0.1) is 11.3 Å². The van der Waals surface area contributed by atoms with Gasteiger partial charge in [0.15, 0.2) is 0 Å². The second-order valence-electron chi connectivity index (χ2n) is 7.30. The van der Waals surface area contributed by atoms with Crippen molar-refractivity contribution in [1.29, 1.82) is 5.41 Å². The van der Waals surface area contributed by atoms with Gasteiger partial charge in [-0.2, -0.15) is 0 Å². The van der Waals surface area contributed by atoms with Gasteiger partial charge in [0.05, 0.1) is 0 Å². The van der Waals surface area contributed by atoms with Crippen LogP contribution in [-0.2, 0) is 0 Å². The maximum atomic E-state index is 8.04. The maximum absolute atomic E-state index is 8.04. The van der Waals surface area contributed by atoms with Crippen LogP contribution in [0.5, 0.6) is 0 Å². The zero-order valence-corrected chi connectivity index (χ0v) is 14.4. The summed E-state index contributed by atoms with van der Waals surface area (Å²) in [7, 11) is 0. The van der Waals surface area contributed by atoms with E-state index in [2.05, 4.69) is 55.5 Å². The fraction of sp³-hybridized carbons (Fsp3) is 0.348. The van der Waals surface area contributed by atoms with Crippen LogP contribution in [0.15, 0.2) is 59.7 Å². The van der Waals surface area contributed by atoms with E-state index in [-0.39, 0.29) is 0 Å². The van der Waals surface area contributed by atoms with Gasteiger partial charge in [0.25, 0.3) is 0 Å². The number of hydrogen-bond donors (Lipinski definition) is 1. The van der Waals surface area contributed by atoms with Gasteiger partial charge in [-0.05, 0) is 54.4 Å². The van der Waals surface area contributed by atoms with Crippen LogP contribution in [-0.4, -0.2) is 6.21 Å². The van der Waals surface area contributed by atoms with Gasteiger partial charge in [-0.15, -0.1) is 0 Å². The Labute approximate surface area is 144 Å². The summed E-state index contributed by atoms with van der Waals surface area (Å²) in [5.74, 6) is 1.21.